The monoisotopic (exact) mass is 473 g/mol. The van der Waals surface area contributed by atoms with Gasteiger partial charge in [-0.15, -0.1) is 0 Å². The predicted molar refractivity (Wildman–Crippen MR) is 126 cm³/mol. The molecule has 0 saturated carbocycles. The number of hydrogen-bond donors (Lipinski definition) is 0. The van der Waals surface area contributed by atoms with E-state index in [1.54, 1.807) is 18.7 Å². The Hall–Kier alpha value is -2.94. The van der Waals surface area contributed by atoms with E-state index < -0.39 is 11.6 Å². The summed E-state index contributed by atoms with van der Waals surface area (Å²) in [7, 11) is 0. The van der Waals surface area contributed by atoms with Crippen molar-refractivity contribution in [2.45, 2.75) is 59.5 Å². The third kappa shape index (κ3) is 6.14. The maximum absolute atomic E-state index is 14.3. The molecule has 2 amide bonds. The molecule has 0 saturated heterocycles. The maximum Gasteiger partial charge on any atom is 0.274 e. The maximum atomic E-state index is 14.3. The average molecular weight is 474 g/mol. The summed E-state index contributed by atoms with van der Waals surface area (Å²) in [6.07, 6.45) is 4.58. The molecule has 0 bridgehead atoms. The lowest BCUT2D eigenvalue weighted by Gasteiger charge is -2.33. The highest BCUT2D eigenvalue weighted by Crippen LogP contribution is 2.28. The van der Waals surface area contributed by atoms with Crippen molar-refractivity contribution in [1.29, 1.82) is 0 Å². The van der Waals surface area contributed by atoms with Crippen molar-refractivity contribution in [3.63, 3.8) is 0 Å². The Morgan fingerprint density at radius 2 is 1.68 bits per heavy atom. The number of anilines is 1. The highest BCUT2D eigenvalue weighted by Gasteiger charge is 2.25. The summed E-state index contributed by atoms with van der Waals surface area (Å²) in [5, 5.41) is 0. The minimum atomic E-state index is -1.02. The summed E-state index contributed by atoms with van der Waals surface area (Å²) in [5.74, 6) is -2.55. The lowest BCUT2D eigenvalue weighted by molar-refractivity contribution is -0.118. The number of amides is 2. The largest absolute Gasteiger partial charge is 0.333 e. The molecule has 2 aromatic rings. The van der Waals surface area contributed by atoms with Crippen LogP contribution in [0.2, 0.25) is 0 Å². The molecule has 7 nitrogen and oxygen atoms in total. The second kappa shape index (κ2) is 11.5. The van der Waals surface area contributed by atoms with E-state index in [-0.39, 0.29) is 30.5 Å². The van der Waals surface area contributed by atoms with Crippen LogP contribution in [0.25, 0.3) is 0 Å². The van der Waals surface area contributed by atoms with E-state index in [2.05, 4.69) is 28.7 Å². The fraction of sp³-hybridized carbons (Fsp3) is 0.520. The Labute approximate surface area is 199 Å². The number of aromatic nitrogens is 2. The van der Waals surface area contributed by atoms with Gasteiger partial charge in [0.1, 0.15) is 5.69 Å². The van der Waals surface area contributed by atoms with Gasteiger partial charge in [0.15, 0.2) is 11.6 Å². The number of halogens is 2. The highest BCUT2D eigenvalue weighted by molar-refractivity contribution is 5.94. The SMILES string of the molecule is CCC(=O)N1CCCN(C(C)C)CCCN(C(=O)c2cnc(C)cn2)Cc2cc(F)c(F)cc21. The van der Waals surface area contributed by atoms with Gasteiger partial charge in [-0.1, -0.05) is 6.92 Å². The zero-order chi connectivity index (χ0) is 24.8. The second-order valence-corrected chi connectivity index (χ2v) is 8.90. The van der Waals surface area contributed by atoms with Gasteiger partial charge in [-0.2, -0.15) is 0 Å². The summed E-state index contributed by atoms with van der Waals surface area (Å²) in [4.78, 5) is 39.9. The quantitative estimate of drug-likeness (QED) is 0.675. The van der Waals surface area contributed by atoms with Crippen molar-refractivity contribution >= 4 is 17.5 Å². The number of carbonyl (C=O) groups is 2. The number of nitrogens with zero attached hydrogens (tertiary/aromatic N) is 5. The Balaban J connectivity index is 2.05. The van der Waals surface area contributed by atoms with Crippen LogP contribution < -0.4 is 4.90 Å². The molecule has 2 heterocycles. The van der Waals surface area contributed by atoms with Crippen LogP contribution in [0, 0.1) is 18.6 Å². The second-order valence-electron chi connectivity index (χ2n) is 8.90. The van der Waals surface area contributed by atoms with Gasteiger partial charge in [-0.05, 0) is 45.2 Å². The minimum Gasteiger partial charge on any atom is -0.333 e. The van der Waals surface area contributed by atoms with Gasteiger partial charge >= 0.3 is 0 Å². The van der Waals surface area contributed by atoms with Crippen molar-refractivity contribution in [1.82, 2.24) is 19.8 Å². The molecule has 0 fully saturated rings. The number of aryl methyl sites for hydroxylation is 1. The zero-order valence-electron chi connectivity index (χ0n) is 20.4. The molecule has 0 aliphatic carbocycles. The molecule has 34 heavy (non-hydrogen) atoms. The zero-order valence-corrected chi connectivity index (χ0v) is 20.4. The molecule has 184 valence electrons. The van der Waals surface area contributed by atoms with Crippen molar-refractivity contribution in [3.05, 3.63) is 53.1 Å². The van der Waals surface area contributed by atoms with Crippen LogP contribution in [0.3, 0.4) is 0 Å². The van der Waals surface area contributed by atoms with Gasteiger partial charge in [-0.3, -0.25) is 14.6 Å². The molecule has 9 heteroatoms. The molecular weight excluding hydrogens is 440 g/mol. The molecular formula is C25H33F2N5O2. The van der Waals surface area contributed by atoms with E-state index >= 15 is 0 Å². The van der Waals surface area contributed by atoms with Gasteiger partial charge in [0.05, 0.1) is 17.6 Å². The first-order valence-corrected chi connectivity index (χ1v) is 11.8. The van der Waals surface area contributed by atoms with Crippen LogP contribution in [0.15, 0.2) is 24.5 Å². The molecule has 3 rings (SSSR count). The van der Waals surface area contributed by atoms with Crippen LogP contribution >= 0.6 is 0 Å². The summed E-state index contributed by atoms with van der Waals surface area (Å²) in [5.41, 5.74) is 1.56. The highest BCUT2D eigenvalue weighted by atomic mass is 19.2. The Morgan fingerprint density at radius 1 is 1.00 bits per heavy atom. The number of hydrogen-bond acceptors (Lipinski definition) is 5. The molecule has 0 N–H and O–H groups in total. The van der Waals surface area contributed by atoms with Gasteiger partial charge < -0.3 is 14.7 Å². The van der Waals surface area contributed by atoms with Crippen LogP contribution in [0.4, 0.5) is 14.5 Å². The Bertz CT molecular complexity index is 1010. The lowest BCUT2D eigenvalue weighted by Crippen LogP contribution is -2.40. The fourth-order valence-corrected chi connectivity index (χ4v) is 4.17. The molecule has 0 spiro atoms. The number of fused-ring (bicyclic) bond motifs is 1. The van der Waals surface area contributed by atoms with Gasteiger partial charge in [0.2, 0.25) is 5.91 Å². The Kier molecular flexibility index (Phi) is 8.66. The smallest absolute Gasteiger partial charge is 0.274 e. The minimum absolute atomic E-state index is 0.0239. The first-order chi connectivity index (χ1) is 16.2. The van der Waals surface area contributed by atoms with E-state index in [1.165, 1.54) is 17.3 Å². The number of rotatable bonds is 3. The standard InChI is InChI=1S/C25H33F2N5O2/c1-5-24(33)32-11-7-9-30(17(2)3)8-6-10-31(25(34)22-15-28-18(4)14-29-22)16-19-12-20(26)21(27)13-23(19)32/h12-15,17H,5-11,16H2,1-4H3. The number of carbonyl (C=O) groups excluding carboxylic acids is 2. The van der Waals surface area contributed by atoms with Crippen molar-refractivity contribution in [2.24, 2.45) is 0 Å². The van der Waals surface area contributed by atoms with Crippen molar-refractivity contribution in [2.75, 3.05) is 31.1 Å². The number of benzene rings is 1. The van der Waals surface area contributed by atoms with Crippen molar-refractivity contribution < 1.29 is 18.4 Å². The predicted octanol–water partition coefficient (Wildman–Crippen LogP) is 3.95. The van der Waals surface area contributed by atoms with Gasteiger partial charge in [-0.25, -0.2) is 13.8 Å². The van der Waals surface area contributed by atoms with Crippen LogP contribution in [0.5, 0.6) is 0 Å². The third-order valence-electron chi connectivity index (χ3n) is 6.10. The molecule has 0 unspecified atom stereocenters. The van der Waals surface area contributed by atoms with Crippen LogP contribution in [-0.4, -0.2) is 63.8 Å². The molecule has 0 atom stereocenters. The summed E-state index contributed by atoms with van der Waals surface area (Å²) in [6.45, 7) is 10.1. The van der Waals surface area contributed by atoms with Crippen LogP contribution in [0.1, 0.15) is 61.8 Å². The third-order valence-corrected chi connectivity index (χ3v) is 6.10. The summed E-state index contributed by atoms with van der Waals surface area (Å²) >= 11 is 0. The van der Waals surface area contributed by atoms with Gasteiger partial charge in [0, 0.05) is 57.4 Å². The normalized spacial score (nSPS) is 16.1. The van der Waals surface area contributed by atoms with Gasteiger partial charge in [0.25, 0.3) is 5.91 Å². The van der Waals surface area contributed by atoms with E-state index in [1.807, 2.05) is 0 Å². The Morgan fingerprint density at radius 3 is 2.29 bits per heavy atom. The topological polar surface area (TPSA) is 69.6 Å². The van der Waals surface area contributed by atoms with E-state index in [0.29, 0.717) is 48.9 Å². The first-order valence-electron chi connectivity index (χ1n) is 11.8. The lowest BCUT2D eigenvalue weighted by atomic mass is 10.1. The van der Waals surface area contributed by atoms with E-state index in [4.69, 9.17) is 0 Å². The first kappa shape index (κ1) is 25.7. The molecule has 1 aromatic carbocycles. The van der Waals surface area contributed by atoms with E-state index in [0.717, 1.165) is 25.2 Å². The average Bonchev–Trinajstić information content (AvgIpc) is 2.80. The molecule has 1 aliphatic rings. The van der Waals surface area contributed by atoms with Crippen molar-refractivity contribution in [3.8, 4) is 0 Å². The summed E-state index contributed by atoms with van der Waals surface area (Å²) in [6, 6.07) is 2.45. The van der Waals surface area contributed by atoms with E-state index in [9.17, 15) is 18.4 Å². The summed E-state index contributed by atoms with van der Waals surface area (Å²) < 4.78 is 28.6. The molecule has 0 radical (unpaired) electrons. The molecule has 1 aromatic heterocycles. The fourth-order valence-electron chi connectivity index (χ4n) is 4.17. The van der Waals surface area contributed by atoms with Crippen LogP contribution in [-0.2, 0) is 11.3 Å². The molecule has 1 aliphatic heterocycles.